The Hall–Kier alpha value is -1.13. The van der Waals surface area contributed by atoms with Crippen molar-refractivity contribution in [3.63, 3.8) is 0 Å². The predicted molar refractivity (Wildman–Crippen MR) is 75.8 cm³/mol. The maximum atomic E-state index is 5.73. The lowest BCUT2D eigenvalue weighted by Gasteiger charge is -2.15. The van der Waals surface area contributed by atoms with Gasteiger partial charge < -0.3 is 10.3 Å². The van der Waals surface area contributed by atoms with Gasteiger partial charge in [-0.1, -0.05) is 15.9 Å². The van der Waals surface area contributed by atoms with Gasteiger partial charge in [0.15, 0.2) is 0 Å². The van der Waals surface area contributed by atoms with Crippen LogP contribution in [-0.2, 0) is 19.4 Å². The molecule has 1 aromatic carbocycles. The number of imidazole rings is 1. The molecule has 0 unspecified atom stereocenters. The molecule has 0 radical (unpaired) electrons. The highest BCUT2D eigenvalue weighted by atomic mass is 79.9. The zero-order chi connectivity index (χ0) is 12.5. The molecule has 1 aromatic heterocycles. The van der Waals surface area contributed by atoms with Gasteiger partial charge in [0.1, 0.15) is 0 Å². The summed E-state index contributed by atoms with van der Waals surface area (Å²) in [7, 11) is 0. The minimum atomic E-state index is 0.559. The number of halogens is 1. The van der Waals surface area contributed by atoms with Crippen LogP contribution in [-0.4, -0.2) is 9.55 Å². The summed E-state index contributed by atoms with van der Waals surface area (Å²) < 4.78 is 3.28. The average molecular weight is 306 g/mol. The van der Waals surface area contributed by atoms with E-state index in [1.807, 2.05) is 6.33 Å². The molecule has 2 N–H and O–H groups in total. The van der Waals surface area contributed by atoms with Crippen molar-refractivity contribution in [2.45, 2.75) is 32.2 Å². The van der Waals surface area contributed by atoms with Gasteiger partial charge in [0.05, 0.1) is 12.0 Å². The molecular formula is C14H16BrN3. The van der Waals surface area contributed by atoms with Gasteiger partial charge in [0.2, 0.25) is 0 Å². The lowest BCUT2D eigenvalue weighted by atomic mass is 10.0. The van der Waals surface area contributed by atoms with Crippen molar-refractivity contribution in [3.8, 4) is 5.69 Å². The van der Waals surface area contributed by atoms with E-state index in [2.05, 4.69) is 43.7 Å². The van der Waals surface area contributed by atoms with Crippen LogP contribution in [0.15, 0.2) is 29.0 Å². The van der Waals surface area contributed by atoms with E-state index < -0.39 is 0 Å². The Morgan fingerprint density at radius 1 is 1.22 bits per heavy atom. The number of benzene rings is 1. The number of nitrogens with zero attached hydrogens (tertiary/aromatic N) is 2. The molecule has 4 heteroatoms. The molecule has 18 heavy (non-hydrogen) atoms. The molecule has 0 atom stereocenters. The first-order chi connectivity index (χ1) is 8.78. The first kappa shape index (κ1) is 11.9. The Balaban J connectivity index is 2.09. The number of aromatic nitrogens is 2. The molecule has 0 fully saturated rings. The molecule has 3 nitrogen and oxygen atoms in total. The summed E-state index contributed by atoms with van der Waals surface area (Å²) in [6, 6.07) is 6.32. The fraction of sp³-hybridized carbons (Fsp3) is 0.357. The maximum absolute atomic E-state index is 5.73. The van der Waals surface area contributed by atoms with Crippen molar-refractivity contribution < 1.29 is 0 Å². The van der Waals surface area contributed by atoms with E-state index in [1.54, 1.807) is 0 Å². The summed E-state index contributed by atoms with van der Waals surface area (Å²) in [5, 5.41) is 0. The van der Waals surface area contributed by atoms with Crippen LogP contribution in [0.3, 0.4) is 0 Å². The van der Waals surface area contributed by atoms with Crippen LogP contribution >= 0.6 is 15.9 Å². The Kier molecular flexibility index (Phi) is 3.22. The van der Waals surface area contributed by atoms with Gasteiger partial charge in [-0.3, -0.25) is 0 Å². The minimum Gasteiger partial charge on any atom is -0.326 e. The first-order valence-corrected chi connectivity index (χ1v) is 7.12. The average Bonchev–Trinajstić information content (AvgIpc) is 2.81. The Morgan fingerprint density at radius 2 is 2.06 bits per heavy atom. The van der Waals surface area contributed by atoms with Crippen molar-refractivity contribution in [2.75, 3.05) is 0 Å². The fourth-order valence-corrected chi connectivity index (χ4v) is 3.11. The second kappa shape index (κ2) is 4.86. The smallest absolute Gasteiger partial charge is 0.0997 e. The van der Waals surface area contributed by atoms with Crippen molar-refractivity contribution in [2.24, 2.45) is 5.73 Å². The Labute approximate surface area is 115 Å². The van der Waals surface area contributed by atoms with E-state index in [0.29, 0.717) is 6.54 Å². The number of rotatable bonds is 2. The van der Waals surface area contributed by atoms with Gasteiger partial charge in [-0.2, -0.15) is 0 Å². The van der Waals surface area contributed by atoms with Crippen LogP contribution in [0.25, 0.3) is 5.69 Å². The van der Waals surface area contributed by atoms with E-state index in [4.69, 9.17) is 5.73 Å². The molecular weight excluding hydrogens is 290 g/mol. The van der Waals surface area contributed by atoms with Gasteiger partial charge in [-0.25, -0.2) is 4.98 Å². The Morgan fingerprint density at radius 3 is 2.89 bits per heavy atom. The molecule has 3 rings (SSSR count). The Bertz CT molecular complexity index is 574. The third kappa shape index (κ3) is 2.10. The highest BCUT2D eigenvalue weighted by Crippen LogP contribution is 2.25. The lowest BCUT2D eigenvalue weighted by Crippen LogP contribution is -2.07. The molecule has 0 saturated heterocycles. The standard InChI is InChI=1S/C14H16BrN3/c15-11-5-10(8-16)6-12(7-11)18-9-17-13-3-1-2-4-14(13)18/h5-7,9H,1-4,8,16H2. The SMILES string of the molecule is NCc1cc(Br)cc(-n2cnc3c2CCCC3)c1. The van der Waals surface area contributed by atoms with Crippen LogP contribution in [0.2, 0.25) is 0 Å². The molecule has 1 heterocycles. The van der Waals surface area contributed by atoms with Crippen molar-refractivity contribution in [1.82, 2.24) is 9.55 Å². The van der Waals surface area contributed by atoms with Crippen LogP contribution < -0.4 is 5.73 Å². The maximum Gasteiger partial charge on any atom is 0.0997 e. The number of fused-ring (bicyclic) bond motifs is 1. The van der Waals surface area contributed by atoms with Gasteiger partial charge in [-0.05, 0) is 49.4 Å². The highest BCUT2D eigenvalue weighted by molar-refractivity contribution is 9.10. The molecule has 0 saturated carbocycles. The number of hydrogen-bond donors (Lipinski definition) is 1. The van der Waals surface area contributed by atoms with Gasteiger partial charge in [0, 0.05) is 22.4 Å². The van der Waals surface area contributed by atoms with Crippen molar-refractivity contribution in [1.29, 1.82) is 0 Å². The number of aryl methyl sites for hydroxylation is 1. The molecule has 0 bridgehead atoms. The molecule has 94 valence electrons. The summed E-state index contributed by atoms with van der Waals surface area (Å²) in [5.74, 6) is 0. The molecule has 0 aliphatic heterocycles. The normalized spacial score (nSPS) is 14.6. The van der Waals surface area contributed by atoms with Crippen LogP contribution in [0.1, 0.15) is 29.8 Å². The summed E-state index contributed by atoms with van der Waals surface area (Å²) in [6.07, 6.45) is 6.70. The van der Waals surface area contributed by atoms with Gasteiger partial charge in [0.25, 0.3) is 0 Å². The van der Waals surface area contributed by atoms with Crippen molar-refractivity contribution in [3.05, 3.63) is 46.0 Å². The summed E-state index contributed by atoms with van der Waals surface area (Å²) in [6.45, 7) is 0.559. The molecule has 2 aromatic rings. The molecule has 0 spiro atoms. The monoisotopic (exact) mass is 305 g/mol. The number of hydrogen-bond acceptors (Lipinski definition) is 2. The number of nitrogens with two attached hydrogens (primary N) is 1. The summed E-state index contributed by atoms with van der Waals surface area (Å²) in [4.78, 5) is 4.53. The highest BCUT2D eigenvalue weighted by Gasteiger charge is 2.16. The zero-order valence-electron chi connectivity index (χ0n) is 10.2. The van der Waals surface area contributed by atoms with Crippen LogP contribution in [0.5, 0.6) is 0 Å². The van der Waals surface area contributed by atoms with Gasteiger partial charge >= 0.3 is 0 Å². The lowest BCUT2D eigenvalue weighted by molar-refractivity contribution is 0.656. The molecule has 1 aliphatic rings. The van der Waals surface area contributed by atoms with Crippen molar-refractivity contribution >= 4 is 15.9 Å². The van der Waals surface area contributed by atoms with E-state index >= 15 is 0 Å². The van der Waals surface area contributed by atoms with Crippen LogP contribution in [0.4, 0.5) is 0 Å². The fourth-order valence-electron chi connectivity index (χ4n) is 2.58. The molecule has 0 amide bonds. The van der Waals surface area contributed by atoms with E-state index in [-0.39, 0.29) is 0 Å². The largest absolute Gasteiger partial charge is 0.326 e. The van der Waals surface area contributed by atoms with E-state index in [1.165, 1.54) is 24.2 Å². The molecule has 1 aliphatic carbocycles. The third-order valence-electron chi connectivity index (χ3n) is 3.49. The second-order valence-electron chi connectivity index (χ2n) is 4.74. The van der Waals surface area contributed by atoms with E-state index in [9.17, 15) is 0 Å². The quantitative estimate of drug-likeness (QED) is 0.927. The summed E-state index contributed by atoms with van der Waals surface area (Å²) >= 11 is 3.55. The summed E-state index contributed by atoms with van der Waals surface area (Å²) in [5.41, 5.74) is 10.6. The second-order valence-corrected chi connectivity index (χ2v) is 5.65. The minimum absolute atomic E-state index is 0.559. The van der Waals surface area contributed by atoms with Gasteiger partial charge in [-0.15, -0.1) is 0 Å². The predicted octanol–water partition coefficient (Wildman–Crippen LogP) is 2.97. The zero-order valence-corrected chi connectivity index (χ0v) is 11.8. The first-order valence-electron chi connectivity index (χ1n) is 6.33. The van der Waals surface area contributed by atoms with Crippen LogP contribution in [0, 0.1) is 0 Å². The van der Waals surface area contributed by atoms with E-state index in [0.717, 1.165) is 28.6 Å². The topological polar surface area (TPSA) is 43.8 Å². The third-order valence-corrected chi connectivity index (χ3v) is 3.94.